The molecule has 1 aliphatic heterocycles. The molecule has 2 N–H and O–H groups in total. The van der Waals surface area contributed by atoms with Crippen LogP contribution in [0.25, 0.3) is 0 Å². The quantitative estimate of drug-likeness (QED) is 0.859. The maximum atomic E-state index is 13.7. The summed E-state index contributed by atoms with van der Waals surface area (Å²) in [6.45, 7) is -0.0529. The molecule has 2 amide bonds. The van der Waals surface area contributed by atoms with Gasteiger partial charge in [-0.25, -0.2) is 4.39 Å². The number of hydrogen-bond donors (Lipinski definition) is 2. The highest BCUT2D eigenvalue weighted by Gasteiger charge is 2.18. The summed E-state index contributed by atoms with van der Waals surface area (Å²) >= 11 is 3.15. The van der Waals surface area contributed by atoms with Crippen LogP contribution in [-0.4, -0.2) is 18.4 Å². The van der Waals surface area contributed by atoms with Crippen LogP contribution in [0.3, 0.4) is 0 Å². The van der Waals surface area contributed by atoms with E-state index < -0.39 is 11.7 Å². The van der Waals surface area contributed by atoms with Gasteiger partial charge in [-0.2, -0.15) is 0 Å². The number of halogens is 2. The monoisotopic (exact) mass is 364 g/mol. The van der Waals surface area contributed by atoms with E-state index in [0.717, 1.165) is 0 Å². The minimum atomic E-state index is -0.544. The van der Waals surface area contributed by atoms with Crippen LogP contribution in [0.4, 0.5) is 15.8 Å². The Morgan fingerprint density at radius 2 is 2.09 bits per heavy atom. The molecule has 22 heavy (non-hydrogen) atoms. The smallest absolute Gasteiger partial charge is 0.262 e. The summed E-state index contributed by atoms with van der Waals surface area (Å²) in [6, 6.07) is 8.96. The Hall–Kier alpha value is -2.41. The third-order valence-electron chi connectivity index (χ3n) is 3.05. The molecule has 2 aromatic rings. The summed E-state index contributed by atoms with van der Waals surface area (Å²) < 4.78 is 19.5. The average Bonchev–Trinajstić information content (AvgIpc) is 2.49. The van der Waals surface area contributed by atoms with Gasteiger partial charge in [-0.05, 0) is 36.4 Å². The summed E-state index contributed by atoms with van der Waals surface area (Å²) in [6.07, 6.45) is 0. The summed E-state index contributed by atoms with van der Waals surface area (Å²) in [5.74, 6) is -0.823. The molecule has 0 unspecified atom stereocenters. The van der Waals surface area contributed by atoms with Crippen LogP contribution < -0.4 is 15.4 Å². The van der Waals surface area contributed by atoms with Crippen molar-refractivity contribution < 1.29 is 18.7 Å². The lowest BCUT2D eigenvalue weighted by atomic mass is 10.1. The third kappa shape index (κ3) is 2.94. The van der Waals surface area contributed by atoms with Crippen molar-refractivity contribution in [2.24, 2.45) is 0 Å². The molecule has 0 atom stereocenters. The molecule has 2 aromatic carbocycles. The van der Waals surface area contributed by atoms with E-state index in [1.165, 1.54) is 18.2 Å². The van der Waals surface area contributed by atoms with Crippen molar-refractivity contribution in [2.45, 2.75) is 0 Å². The van der Waals surface area contributed by atoms with Gasteiger partial charge in [-0.15, -0.1) is 0 Å². The Morgan fingerprint density at radius 3 is 2.86 bits per heavy atom. The van der Waals surface area contributed by atoms with E-state index in [1.54, 1.807) is 18.2 Å². The van der Waals surface area contributed by atoms with Crippen LogP contribution in [0.1, 0.15) is 10.4 Å². The summed E-state index contributed by atoms with van der Waals surface area (Å²) in [5.41, 5.74) is 0.776. The van der Waals surface area contributed by atoms with Crippen molar-refractivity contribution >= 4 is 39.1 Å². The van der Waals surface area contributed by atoms with E-state index in [9.17, 15) is 14.0 Å². The molecule has 5 nitrogen and oxygen atoms in total. The van der Waals surface area contributed by atoms with Gasteiger partial charge in [0.1, 0.15) is 11.6 Å². The van der Waals surface area contributed by atoms with Crippen LogP contribution in [0.2, 0.25) is 0 Å². The van der Waals surface area contributed by atoms with Crippen LogP contribution >= 0.6 is 15.9 Å². The zero-order valence-electron chi connectivity index (χ0n) is 11.2. The average molecular weight is 365 g/mol. The lowest BCUT2D eigenvalue weighted by Gasteiger charge is -2.18. The number of benzene rings is 2. The van der Waals surface area contributed by atoms with Crippen molar-refractivity contribution in [2.75, 3.05) is 17.2 Å². The number of anilines is 2. The molecular weight excluding hydrogens is 355 g/mol. The number of ether oxygens (including phenoxy) is 1. The van der Waals surface area contributed by atoms with Gasteiger partial charge in [0, 0.05) is 10.0 Å². The molecule has 0 saturated heterocycles. The van der Waals surface area contributed by atoms with Crippen LogP contribution in [0.15, 0.2) is 40.9 Å². The van der Waals surface area contributed by atoms with Gasteiger partial charge in [-0.1, -0.05) is 15.9 Å². The molecule has 0 saturated carbocycles. The van der Waals surface area contributed by atoms with Gasteiger partial charge in [0.25, 0.3) is 11.8 Å². The van der Waals surface area contributed by atoms with Crippen molar-refractivity contribution in [3.05, 3.63) is 52.3 Å². The molecule has 1 heterocycles. The summed E-state index contributed by atoms with van der Waals surface area (Å²) in [4.78, 5) is 23.5. The predicted molar refractivity (Wildman–Crippen MR) is 82.6 cm³/mol. The SMILES string of the molecule is O=C1COc2ccc(C(=O)Nc3ccc(Br)cc3F)cc2N1. The normalized spacial score (nSPS) is 12.9. The largest absolute Gasteiger partial charge is 0.482 e. The van der Waals surface area contributed by atoms with Gasteiger partial charge in [0.05, 0.1) is 11.4 Å². The topological polar surface area (TPSA) is 67.4 Å². The fraction of sp³-hybridized carbons (Fsp3) is 0.0667. The first-order chi connectivity index (χ1) is 10.5. The van der Waals surface area contributed by atoms with Gasteiger partial charge in [0.2, 0.25) is 0 Å². The van der Waals surface area contributed by atoms with E-state index in [1.807, 2.05) is 0 Å². The minimum Gasteiger partial charge on any atom is -0.482 e. The Bertz CT molecular complexity index is 779. The molecule has 3 rings (SSSR count). The maximum absolute atomic E-state index is 13.7. The second kappa shape index (κ2) is 5.76. The van der Waals surface area contributed by atoms with Crippen LogP contribution in [0.5, 0.6) is 5.75 Å². The summed E-state index contributed by atoms with van der Waals surface area (Å²) in [7, 11) is 0. The number of fused-ring (bicyclic) bond motifs is 1. The van der Waals surface area contributed by atoms with Crippen molar-refractivity contribution in [1.29, 1.82) is 0 Å². The second-order valence-corrected chi connectivity index (χ2v) is 5.54. The van der Waals surface area contributed by atoms with Crippen LogP contribution in [0, 0.1) is 5.82 Å². The number of hydrogen-bond acceptors (Lipinski definition) is 3. The van der Waals surface area contributed by atoms with E-state index in [0.29, 0.717) is 15.9 Å². The zero-order valence-corrected chi connectivity index (χ0v) is 12.7. The molecule has 112 valence electrons. The zero-order chi connectivity index (χ0) is 15.7. The molecule has 1 aliphatic rings. The molecule has 7 heteroatoms. The number of amides is 2. The Balaban J connectivity index is 1.83. The number of carbonyl (C=O) groups is 2. The molecule has 0 fully saturated rings. The lowest BCUT2D eigenvalue weighted by molar-refractivity contribution is -0.118. The standard InChI is InChI=1S/C15H10BrFN2O3/c16-9-2-3-11(10(17)6-9)19-15(21)8-1-4-13-12(5-8)18-14(20)7-22-13/h1-6H,7H2,(H,18,20)(H,19,21). The first kappa shape index (κ1) is 14.5. The van der Waals surface area contributed by atoms with Gasteiger partial charge >= 0.3 is 0 Å². The number of nitrogens with one attached hydrogen (secondary N) is 2. The van der Waals surface area contributed by atoms with Crippen LogP contribution in [-0.2, 0) is 4.79 Å². The number of rotatable bonds is 2. The van der Waals surface area contributed by atoms with Crippen molar-refractivity contribution in [3.8, 4) is 5.75 Å². The van der Waals surface area contributed by atoms with Crippen molar-refractivity contribution in [3.63, 3.8) is 0 Å². The fourth-order valence-electron chi connectivity index (χ4n) is 2.01. The minimum absolute atomic E-state index is 0.0529. The Labute approximate surface area is 133 Å². The van der Waals surface area contributed by atoms with E-state index in [4.69, 9.17) is 4.74 Å². The van der Waals surface area contributed by atoms with E-state index in [-0.39, 0.29) is 23.8 Å². The first-order valence-corrected chi connectivity index (χ1v) is 7.15. The van der Waals surface area contributed by atoms with E-state index >= 15 is 0 Å². The number of carbonyl (C=O) groups excluding carboxylic acids is 2. The molecule has 0 radical (unpaired) electrons. The third-order valence-corrected chi connectivity index (χ3v) is 3.55. The second-order valence-electron chi connectivity index (χ2n) is 4.63. The highest BCUT2D eigenvalue weighted by molar-refractivity contribution is 9.10. The Morgan fingerprint density at radius 1 is 1.27 bits per heavy atom. The lowest BCUT2D eigenvalue weighted by Crippen LogP contribution is -2.25. The molecule has 0 bridgehead atoms. The highest BCUT2D eigenvalue weighted by atomic mass is 79.9. The molecule has 0 aliphatic carbocycles. The Kier molecular flexibility index (Phi) is 3.81. The van der Waals surface area contributed by atoms with Gasteiger partial charge in [-0.3, -0.25) is 9.59 Å². The fourth-order valence-corrected chi connectivity index (χ4v) is 2.34. The van der Waals surface area contributed by atoms with Gasteiger partial charge in [0.15, 0.2) is 6.61 Å². The van der Waals surface area contributed by atoms with Crippen molar-refractivity contribution in [1.82, 2.24) is 0 Å². The first-order valence-electron chi connectivity index (χ1n) is 6.36. The molecule has 0 aromatic heterocycles. The molecular formula is C15H10BrFN2O3. The predicted octanol–water partition coefficient (Wildman–Crippen LogP) is 3.17. The maximum Gasteiger partial charge on any atom is 0.262 e. The summed E-state index contributed by atoms with van der Waals surface area (Å²) in [5, 5.41) is 5.10. The molecule has 0 spiro atoms. The van der Waals surface area contributed by atoms with Gasteiger partial charge < -0.3 is 15.4 Å². The van der Waals surface area contributed by atoms with E-state index in [2.05, 4.69) is 26.6 Å². The highest BCUT2D eigenvalue weighted by Crippen LogP contribution is 2.29.